The number of alkyl halides is 3. The van der Waals surface area contributed by atoms with Crippen LogP contribution < -0.4 is 14.6 Å². The molecule has 4 nitrogen and oxygen atoms in total. The van der Waals surface area contributed by atoms with E-state index in [0.29, 0.717) is 18.2 Å². The summed E-state index contributed by atoms with van der Waals surface area (Å²) in [6.07, 6.45) is -4.69. The van der Waals surface area contributed by atoms with Crippen molar-refractivity contribution in [3.8, 4) is 11.5 Å². The lowest BCUT2D eigenvalue weighted by Gasteiger charge is -2.13. The Morgan fingerprint density at radius 2 is 1.84 bits per heavy atom. The molecule has 0 aromatic heterocycles. The molecule has 0 radical (unpaired) electrons. The first-order chi connectivity index (χ1) is 11.6. The van der Waals surface area contributed by atoms with Crippen LogP contribution in [0, 0.1) is 5.82 Å². The van der Waals surface area contributed by atoms with Crippen LogP contribution in [0.4, 0.5) is 17.6 Å². The first kappa shape index (κ1) is 19.6. The Morgan fingerprint density at radius 3 is 2.44 bits per heavy atom. The number of benzene rings is 2. The van der Waals surface area contributed by atoms with E-state index < -0.39 is 34.1 Å². The molecule has 0 bridgehead atoms. The van der Waals surface area contributed by atoms with Gasteiger partial charge in [-0.1, -0.05) is 23.2 Å². The van der Waals surface area contributed by atoms with Crippen molar-refractivity contribution >= 4 is 41.2 Å². The third-order valence-corrected chi connectivity index (χ3v) is 3.82. The summed E-state index contributed by atoms with van der Waals surface area (Å²) in [6.45, 7) is 0. The molecule has 1 amide bonds. The lowest BCUT2D eigenvalue weighted by atomic mass is 10.2. The summed E-state index contributed by atoms with van der Waals surface area (Å²) in [5, 5.41) is 4.36. The minimum Gasteiger partial charge on any atom is -0.456 e. The number of nitrogens with one attached hydrogen (secondary N) is 1. The summed E-state index contributed by atoms with van der Waals surface area (Å²) in [7, 11) is 0. The average molecular weight is 415 g/mol. The minimum atomic E-state index is -4.69. The fourth-order valence-electron chi connectivity index (χ4n) is 1.80. The molecule has 134 valence electrons. The van der Waals surface area contributed by atoms with Crippen molar-refractivity contribution in [2.24, 2.45) is 5.14 Å². The maximum Gasteiger partial charge on any atom is 0.417 e. The number of rotatable bonds is 4. The molecule has 25 heavy (non-hydrogen) atoms. The topological polar surface area (TPSA) is 64.3 Å². The molecule has 0 aliphatic carbocycles. The predicted octanol–water partition coefficient (Wildman–Crippen LogP) is 5.20. The zero-order valence-electron chi connectivity index (χ0n) is 12.0. The molecular formula is C14H8Cl2F4N2O2S. The molecule has 11 heteroatoms. The van der Waals surface area contributed by atoms with E-state index in [0.717, 1.165) is 24.3 Å². The molecule has 0 heterocycles. The van der Waals surface area contributed by atoms with Gasteiger partial charge in [-0.15, -0.1) is 0 Å². The lowest BCUT2D eigenvalue weighted by molar-refractivity contribution is -0.137. The lowest BCUT2D eigenvalue weighted by Crippen LogP contribution is -2.19. The van der Waals surface area contributed by atoms with Gasteiger partial charge in [0.1, 0.15) is 17.3 Å². The van der Waals surface area contributed by atoms with Gasteiger partial charge in [-0.25, -0.2) is 4.39 Å². The first-order valence-electron chi connectivity index (χ1n) is 6.33. The standard InChI is InChI=1S/C14H8Cl2F4N2O2S/c15-9-2-1-6(3-8(9)14(18,19)20)24-12-5-11(17)7(4-10(12)16)13(23)22-25-21/h1-5H,21H2,(H,22,23). The van der Waals surface area contributed by atoms with Crippen molar-refractivity contribution < 1.29 is 27.1 Å². The molecule has 3 N–H and O–H groups in total. The van der Waals surface area contributed by atoms with Crippen LogP contribution in [0.5, 0.6) is 11.5 Å². The number of hydrogen-bond donors (Lipinski definition) is 2. The van der Waals surface area contributed by atoms with Gasteiger partial charge in [0.2, 0.25) is 0 Å². The monoisotopic (exact) mass is 414 g/mol. The molecule has 2 rings (SSSR count). The smallest absolute Gasteiger partial charge is 0.417 e. The third kappa shape index (κ3) is 4.69. The summed E-state index contributed by atoms with van der Waals surface area (Å²) in [5.41, 5.74) is -1.51. The van der Waals surface area contributed by atoms with Crippen LogP contribution in [0.25, 0.3) is 0 Å². The maximum absolute atomic E-state index is 14.0. The highest BCUT2D eigenvalue weighted by molar-refractivity contribution is 7.95. The van der Waals surface area contributed by atoms with Gasteiger partial charge in [-0.2, -0.15) is 13.2 Å². The SMILES string of the molecule is NSNC(=O)c1cc(Cl)c(Oc2ccc(Cl)c(C(F)(F)F)c2)cc1F. The van der Waals surface area contributed by atoms with E-state index in [-0.39, 0.29) is 16.5 Å². The molecule has 2 aromatic rings. The van der Waals surface area contributed by atoms with E-state index in [4.69, 9.17) is 33.1 Å². The van der Waals surface area contributed by atoms with Gasteiger partial charge < -0.3 is 4.74 Å². The van der Waals surface area contributed by atoms with Crippen molar-refractivity contribution in [3.63, 3.8) is 0 Å². The van der Waals surface area contributed by atoms with E-state index in [1.54, 1.807) is 0 Å². The Bertz CT molecular complexity index is 818. The predicted molar refractivity (Wildman–Crippen MR) is 87.2 cm³/mol. The van der Waals surface area contributed by atoms with Gasteiger partial charge in [0.15, 0.2) is 0 Å². The van der Waals surface area contributed by atoms with Crippen LogP contribution in [0.15, 0.2) is 30.3 Å². The molecule has 0 aliphatic heterocycles. The highest BCUT2D eigenvalue weighted by atomic mass is 35.5. The summed E-state index contributed by atoms with van der Waals surface area (Å²) in [5.74, 6) is -2.35. The van der Waals surface area contributed by atoms with Crippen LogP contribution >= 0.6 is 35.3 Å². The second-order valence-corrected chi connectivity index (χ2v) is 5.81. The average Bonchev–Trinajstić information content (AvgIpc) is 2.51. The number of hydrogen-bond acceptors (Lipinski definition) is 4. The number of amides is 1. The fourth-order valence-corrected chi connectivity index (χ4v) is 2.45. The number of carbonyl (C=O) groups is 1. The summed E-state index contributed by atoms with van der Waals surface area (Å²) >= 11 is 11.9. The Labute approximate surface area is 153 Å². The zero-order valence-corrected chi connectivity index (χ0v) is 14.3. The Hall–Kier alpha value is -1.68. The van der Waals surface area contributed by atoms with Gasteiger partial charge in [-0.05, 0) is 24.3 Å². The number of ether oxygens (including phenoxy) is 1. The van der Waals surface area contributed by atoms with Crippen molar-refractivity contribution in [2.45, 2.75) is 6.18 Å². The second kappa shape index (κ2) is 7.69. The number of nitrogens with two attached hydrogens (primary N) is 1. The normalized spacial score (nSPS) is 11.3. The molecular weight excluding hydrogens is 407 g/mol. The van der Waals surface area contributed by atoms with Crippen LogP contribution in [-0.4, -0.2) is 5.91 Å². The van der Waals surface area contributed by atoms with E-state index in [1.807, 2.05) is 0 Å². The van der Waals surface area contributed by atoms with Crippen molar-refractivity contribution in [1.29, 1.82) is 0 Å². The van der Waals surface area contributed by atoms with E-state index >= 15 is 0 Å². The largest absolute Gasteiger partial charge is 0.456 e. The van der Waals surface area contributed by atoms with Crippen LogP contribution in [0.1, 0.15) is 15.9 Å². The van der Waals surface area contributed by atoms with Gasteiger partial charge >= 0.3 is 6.18 Å². The Morgan fingerprint density at radius 1 is 1.16 bits per heavy atom. The van der Waals surface area contributed by atoms with Gasteiger partial charge in [0.05, 0.1) is 21.2 Å². The first-order valence-corrected chi connectivity index (χ1v) is 7.96. The molecule has 0 saturated heterocycles. The van der Waals surface area contributed by atoms with E-state index in [9.17, 15) is 22.4 Å². The minimum absolute atomic E-state index is 0.183. The molecule has 2 aromatic carbocycles. The molecule has 0 unspecified atom stereocenters. The third-order valence-electron chi connectivity index (χ3n) is 2.89. The van der Waals surface area contributed by atoms with Crippen molar-refractivity contribution in [1.82, 2.24) is 4.72 Å². The van der Waals surface area contributed by atoms with Gasteiger partial charge in [0, 0.05) is 18.2 Å². The fraction of sp³-hybridized carbons (Fsp3) is 0.0714. The summed E-state index contributed by atoms with van der Waals surface area (Å²) in [6, 6.07) is 4.56. The Kier molecular flexibility index (Phi) is 6.04. The molecule has 0 atom stereocenters. The van der Waals surface area contributed by atoms with Gasteiger partial charge in [-0.3, -0.25) is 14.7 Å². The maximum atomic E-state index is 14.0. The quantitative estimate of drug-likeness (QED) is 0.533. The number of carbonyl (C=O) groups excluding carboxylic acids is 1. The number of halogens is 6. The van der Waals surface area contributed by atoms with Crippen LogP contribution in [0.3, 0.4) is 0 Å². The van der Waals surface area contributed by atoms with Crippen molar-refractivity contribution in [2.75, 3.05) is 0 Å². The molecule has 0 fully saturated rings. The Balaban J connectivity index is 2.35. The second-order valence-electron chi connectivity index (χ2n) is 4.55. The molecule has 0 aliphatic rings. The molecule has 0 saturated carbocycles. The summed E-state index contributed by atoms with van der Waals surface area (Å²) < 4.78 is 59.8. The van der Waals surface area contributed by atoms with E-state index in [2.05, 4.69) is 4.72 Å². The summed E-state index contributed by atoms with van der Waals surface area (Å²) in [4.78, 5) is 11.6. The molecule has 0 spiro atoms. The van der Waals surface area contributed by atoms with Crippen LogP contribution in [0.2, 0.25) is 10.0 Å². The van der Waals surface area contributed by atoms with E-state index in [1.165, 1.54) is 0 Å². The highest BCUT2D eigenvalue weighted by Crippen LogP contribution is 2.39. The van der Waals surface area contributed by atoms with Gasteiger partial charge in [0.25, 0.3) is 5.91 Å². The zero-order chi connectivity index (χ0) is 18.8. The highest BCUT2D eigenvalue weighted by Gasteiger charge is 2.33. The van der Waals surface area contributed by atoms with Crippen molar-refractivity contribution in [3.05, 3.63) is 57.3 Å². The van der Waals surface area contributed by atoms with Crippen LogP contribution in [-0.2, 0) is 6.18 Å².